The van der Waals surface area contributed by atoms with Crippen LogP contribution in [-0.2, 0) is 11.8 Å². The van der Waals surface area contributed by atoms with E-state index in [1.165, 1.54) is 12.8 Å². The van der Waals surface area contributed by atoms with Gasteiger partial charge in [-0.25, -0.2) is 9.97 Å². The van der Waals surface area contributed by atoms with E-state index in [1.807, 2.05) is 12.3 Å². The average molecular weight is 205 g/mol. The second-order valence-corrected chi connectivity index (χ2v) is 4.80. The zero-order valence-electron chi connectivity index (χ0n) is 9.53. The van der Waals surface area contributed by atoms with E-state index in [2.05, 4.69) is 23.8 Å². The molecular formula is C12H19N3. The molecular weight excluding hydrogens is 186 g/mol. The van der Waals surface area contributed by atoms with Gasteiger partial charge in [0.2, 0.25) is 0 Å². The standard InChI is InChI=1S/C12H19N3/c1-3-9(13)8-10-4-7-14-11(15-10)12(2)5-6-12/h4,7,9H,3,5-6,8,13H2,1-2H3. The largest absolute Gasteiger partial charge is 0.327 e. The molecule has 0 aromatic carbocycles. The second-order valence-electron chi connectivity index (χ2n) is 4.80. The van der Waals surface area contributed by atoms with Crippen molar-refractivity contribution in [3.05, 3.63) is 23.8 Å². The van der Waals surface area contributed by atoms with Crippen LogP contribution in [0, 0.1) is 0 Å². The summed E-state index contributed by atoms with van der Waals surface area (Å²) in [6.45, 7) is 4.33. The Kier molecular flexibility index (Phi) is 2.74. The minimum atomic E-state index is 0.222. The van der Waals surface area contributed by atoms with E-state index in [-0.39, 0.29) is 11.5 Å². The monoisotopic (exact) mass is 205 g/mol. The minimum absolute atomic E-state index is 0.222. The Labute approximate surface area is 91.1 Å². The first kappa shape index (κ1) is 10.6. The Bertz CT molecular complexity index is 344. The summed E-state index contributed by atoms with van der Waals surface area (Å²) in [4.78, 5) is 8.96. The highest BCUT2D eigenvalue weighted by atomic mass is 14.9. The Hall–Kier alpha value is -0.960. The molecule has 1 aromatic rings. The molecule has 0 amide bonds. The number of aromatic nitrogens is 2. The van der Waals surface area contributed by atoms with Gasteiger partial charge in [-0.3, -0.25) is 0 Å². The molecule has 0 saturated heterocycles. The van der Waals surface area contributed by atoms with Crippen LogP contribution in [0.2, 0.25) is 0 Å². The number of rotatable bonds is 4. The topological polar surface area (TPSA) is 51.8 Å². The van der Waals surface area contributed by atoms with Crippen molar-refractivity contribution in [2.45, 2.75) is 51.0 Å². The maximum Gasteiger partial charge on any atom is 0.134 e. The Morgan fingerprint density at radius 2 is 2.27 bits per heavy atom. The molecule has 1 aliphatic rings. The molecule has 0 radical (unpaired) electrons. The highest BCUT2D eigenvalue weighted by Crippen LogP contribution is 2.45. The second kappa shape index (κ2) is 3.89. The van der Waals surface area contributed by atoms with Crippen LogP contribution >= 0.6 is 0 Å². The Balaban J connectivity index is 2.12. The summed E-state index contributed by atoms with van der Waals surface area (Å²) in [7, 11) is 0. The molecule has 1 unspecified atom stereocenters. The molecule has 0 bridgehead atoms. The lowest BCUT2D eigenvalue weighted by Gasteiger charge is -2.11. The third-order valence-corrected chi connectivity index (χ3v) is 3.25. The molecule has 1 heterocycles. The van der Waals surface area contributed by atoms with E-state index in [0.29, 0.717) is 0 Å². The Morgan fingerprint density at radius 1 is 1.53 bits per heavy atom. The molecule has 1 atom stereocenters. The number of nitrogens with zero attached hydrogens (tertiary/aromatic N) is 2. The van der Waals surface area contributed by atoms with Crippen molar-refractivity contribution >= 4 is 0 Å². The van der Waals surface area contributed by atoms with E-state index in [0.717, 1.165) is 24.4 Å². The highest BCUT2D eigenvalue weighted by molar-refractivity contribution is 5.17. The van der Waals surface area contributed by atoms with Crippen molar-refractivity contribution in [3.8, 4) is 0 Å². The van der Waals surface area contributed by atoms with Crippen LogP contribution in [0.5, 0.6) is 0 Å². The van der Waals surface area contributed by atoms with Gasteiger partial charge in [0.1, 0.15) is 5.82 Å². The van der Waals surface area contributed by atoms with Crippen LogP contribution in [0.1, 0.15) is 44.6 Å². The van der Waals surface area contributed by atoms with Gasteiger partial charge in [0.15, 0.2) is 0 Å². The lowest BCUT2D eigenvalue weighted by molar-refractivity contribution is 0.622. The van der Waals surface area contributed by atoms with Gasteiger partial charge in [0.05, 0.1) is 0 Å². The first-order valence-corrected chi connectivity index (χ1v) is 5.72. The summed E-state index contributed by atoms with van der Waals surface area (Å²) in [6.07, 6.45) is 6.16. The van der Waals surface area contributed by atoms with Crippen molar-refractivity contribution in [1.29, 1.82) is 0 Å². The van der Waals surface area contributed by atoms with E-state index in [4.69, 9.17) is 5.73 Å². The quantitative estimate of drug-likeness (QED) is 0.815. The van der Waals surface area contributed by atoms with Crippen molar-refractivity contribution in [2.75, 3.05) is 0 Å². The molecule has 3 heteroatoms. The van der Waals surface area contributed by atoms with Crippen molar-refractivity contribution < 1.29 is 0 Å². The molecule has 2 N–H and O–H groups in total. The molecule has 1 aromatic heterocycles. The predicted molar refractivity (Wildman–Crippen MR) is 60.6 cm³/mol. The molecule has 82 valence electrons. The molecule has 1 saturated carbocycles. The van der Waals surface area contributed by atoms with Crippen LogP contribution in [0.4, 0.5) is 0 Å². The third-order valence-electron chi connectivity index (χ3n) is 3.25. The summed E-state index contributed by atoms with van der Waals surface area (Å²) in [5.74, 6) is 1.00. The SMILES string of the molecule is CCC(N)Cc1ccnc(C2(C)CC2)n1. The van der Waals surface area contributed by atoms with E-state index >= 15 is 0 Å². The van der Waals surface area contributed by atoms with Crippen LogP contribution in [0.15, 0.2) is 12.3 Å². The normalized spacial score (nSPS) is 19.9. The molecule has 0 spiro atoms. The van der Waals surface area contributed by atoms with Gasteiger partial charge in [-0.1, -0.05) is 13.8 Å². The lowest BCUT2D eigenvalue weighted by Crippen LogP contribution is -2.22. The summed E-state index contributed by atoms with van der Waals surface area (Å²) in [6, 6.07) is 2.20. The highest BCUT2D eigenvalue weighted by Gasteiger charge is 2.41. The van der Waals surface area contributed by atoms with Gasteiger partial charge >= 0.3 is 0 Å². The summed E-state index contributed by atoms with van der Waals surface area (Å²) in [5.41, 5.74) is 7.26. The summed E-state index contributed by atoms with van der Waals surface area (Å²) < 4.78 is 0. The van der Waals surface area contributed by atoms with Crippen LogP contribution < -0.4 is 5.73 Å². The number of hydrogen-bond acceptors (Lipinski definition) is 3. The van der Waals surface area contributed by atoms with E-state index < -0.39 is 0 Å². The fourth-order valence-corrected chi connectivity index (χ4v) is 1.62. The van der Waals surface area contributed by atoms with Crippen molar-refractivity contribution in [3.63, 3.8) is 0 Å². The van der Waals surface area contributed by atoms with Crippen LogP contribution in [-0.4, -0.2) is 16.0 Å². The molecule has 2 rings (SSSR count). The smallest absolute Gasteiger partial charge is 0.134 e. The fraction of sp³-hybridized carbons (Fsp3) is 0.667. The minimum Gasteiger partial charge on any atom is -0.327 e. The predicted octanol–water partition coefficient (Wildman–Crippen LogP) is 1.81. The van der Waals surface area contributed by atoms with Gasteiger partial charge in [-0.05, 0) is 25.3 Å². The zero-order chi connectivity index (χ0) is 10.9. The van der Waals surface area contributed by atoms with Gasteiger partial charge in [0, 0.05) is 29.8 Å². The Morgan fingerprint density at radius 3 is 2.87 bits per heavy atom. The van der Waals surface area contributed by atoms with Gasteiger partial charge in [-0.15, -0.1) is 0 Å². The van der Waals surface area contributed by atoms with Crippen LogP contribution in [0.3, 0.4) is 0 Å². The van der Waals surface area contributed by atoms with Crippen molar-refractivity contribution in [1.82, 2.24) is 9.97 Å². The zero-order valence-corrected chi connectivity index (χ0v) is 9.53. The van der Waals surface area contributed by atoms with Gasteiger partial charge in [0.25, 0.3) is 0 Å². The van der Waals surface area contributed by atoms with Crippen molar-refractivity contribution in [2.24, 2.45) is 5.73 Å². The number of hydrogen-bond donors (Lipinski definition) is 1. The van der Waals surface area contributed by atoms with Gasteiger partial charge in [-0.2, -0.15) is 0 Å². The molecule has 1 aliphatic carbocycles. The molecule has 3 nitrogen and oxygen atoms in total. The van der Waals surface area contributed by atoms with Crippen LogP contribution in [0.25, 0.3) is 0 Å². The maximum absolute atomic E-state index is 5.92. The summed E-state index contributed by atoms with van der Waals surface area (Å²) in [5, 5.41) is 0. The first-order valence-electron chi connectivity index (χ1n) is 5.72. The van der Waals surface area contributed by atoms with E-state index in [9.17, 15) is 0 Å². The number of nitrogens with two attached hydrogens (primary N) is 1. The molecule has 15 heavy (non-hydrogen) atoms. The van der Waals surface area contributed by atoms with Gasteiger partial charge < -0.3 is 5.73 Å². The third kappa shape index (κ3) is 2.34. The van der Waals surface area contributed by atoms with E-state index in [1.54, 1.807) is 0 Å². The average Bonchev–Trinajstić information content (AvgIpc) is 2.98. The maximum atomic E-state index is 5.92. The lowest BCUT2D eigenvalue weighted by atomic mass is 10.1. The molecule has 1 fully saturated rings. The fourth-order valence-electron chi connectivity index (χ4n) is 1.62. The summed E-state index contributed by atoms with van der Waals surface area (Å²) >= 11 is 0. The first-order chi connectivity index (χ1) is 7.14. The molecule has 0 aliphatic heterocycles.